The molecule has 1 aromatic carbocycles. The van der Waals surface area contributed by atoms with Crippen molar-refractivity contribution in [2.75, 3.05) is 6.61 Å². The molecule has 1 nitrogen and oxygen atoms in total. The molecule has 0 aliphatic heterocycles. The number of hydrogen-bond acceptors (Lipinski definition) is 1. The largest absolute Gasteiger partial charge is 0.494 e. The molecule has 2 rings (SSSR count). The topological polar surface area (TPSA) is 9.23 Å². The molecule has 0 saturated heterocycles. The van der Waals surface area contributed by atoms with E-state index in [-0.39, 0.29) is 13.0 Å². The Kier molecular flexibility index (Phi) is 4.40. The van der Waals surface area contributed by atoms with Gasteiger partial charge >= 0.3 is 6.18 Å². The summed E-state index contributed by atoms with van der Waals surface area (Å²) in [6.07, 6.45) is -2.46. The van der Waals surface area contributed by atoms with Crippen molar-refractivity contribution >= 4 is 22.6 Å². The summed E-state index contributed by atoms with van der Waals surface area (Å²) in [6.45, 7) is 0.115. The summed E-state index contributed by atoms with van der Waals surface area (Å²) < 4.78 is 42.4. The molecule has 0 radical (unpaired) electrons. The van der Waals surface area contributed by atoms with Crippen molar-refractivity contribution in [3.8, 4) is 5.75 Å². The lowest BCUT2D eigenvalue weighted by Crippen LogP contribution is -2.09. The van der Waals surface area contributed by atoms with Gasteiger partial charge in [0.05, 0.1) is 6.61 Å². The van der Waals surface area contributed by atoms with Crippen LogP contribution in [0, 0.1) is 3.57 Å². The van der Waals surface area contributed by atoms with Gasteiger partial charge in [0.2, 0.25) is 0 Å². The van der Waals surface area contributed by atoms with Gasteiger partial charge in [0.15, 0.2) is 0 Å². The standard InChI is InChI=1S/C13H14F3IO/c14-13(15,16)6-1-7-18-10-4-5-12(17)11(8-10)9-2-3-9/h4-5,8-9H,1-3,6-7H2. The molecule has 1 saturated carbocycles. The van der Waals surface area contributed by atoms with Crippen molar-refractivity contribution in [2.45, 2.75) is 37.8 Å². The van der Waals surface area contributed by atoms with E-state index in [0.29, 0.717) is 11.7 Å². The SMILES string of the molecule is FC(F)(F)CCCOc1ccc(I)c(C2CC2)c1. The van der Waals surface area contributed by atoms with E-state index in [1.54, 1.807) is 0 Å². The van der Waals surface area contributed by atoms with Crippen LogP contribution in [0.1, 0.15) is 37.2 Å². The number of alkyl halides is 3. The highest BCUT2D eigenvalue weighted by Gasteiger charge is 2.27. The average molecular weight is 370 g/mol. The second-order valence-electron chi connectivity index (χ2n) is 4.52. The van der Waals surface area contributed by atoms with Gasteiger partial charge in [-0.05, 0) is 71.5 Å². The van der Waals surface area contributed by atoms with Crippen LogP contribution < -0.4 is 4.74 Å². The Balaban J connectivity index is 1.84. The zero-order valence-electron chi connectivity index (χ0n) is 9.77. The molecule has 0 heterocycles. The molecule has 0 atom stereocenters. The van der Waals surface area contributed by atoms with Crippen LogP contribution in [0.2, 0.25) is 0 Å². The Morgan fingerprint density at radius 2 is 2.00 bits per heavy atom. The lowest BCUT2D eigenvalue weighted by molar-refractivity contribution is -0.136. The van der Waals surface area contributed by atoms with Crippen LogP contribution in [0.4, 0.5) is 13.2 Å². The van der Waals surface area contributed by atoms with Gasteiger partial charge in [-0.3, -0.25) is 0 Å². The summed E-state index contributed by atoms with van der Waals surface area (Å²) in [6, 6.07) is 5.75. The molecule has 100 valence electrons. The minimum Gasteiger partial charge on any atom is -0.494 e. The molecular formula is C13H14F3IO. The van der Waals surface area contributed by atoms with Gasteiger partial charge < -0.3 is 4.74 Å². The Hall–Kier alpha value is -0.460. The highest BCUT2D eigenvalue weighted by Crippen LogP contribution is 2.43. The van der Waals surface area contributed by atoms with Crippen molar-refractivity contribution < 1.29 is 17.9 Å². The number of halogens is 4. The van der Waals surface area contributed by atoms with Gasteiger partial charge in [-0.2, -0.15) is 13.2 Å². The van der Waals surface area contributed by atoms with Gasteiger partial charge in [-0.25, -0.2) is 0 Å². The molecule has 0 bridgehead atoms. The fourth-order valence-electron chi connectivity index (χ4n) is 1.78. The van der Waals surface area contributed by atoms with Gasteiger partial charge in [0.25, 0.3) is 0 Å². The third kappa shape index (κ3) is 4.33. The predicted molar refractivity (Wildman–Crippen MR) is 71.9 cm³/mol. The zero-order chi connectivity index (χ0) is 13.2. The van der Waals surface area contributed by atoms with E-state index in [9.17, 15) is 13.2 Å². The van der Waals surface area contributed by atoms with Gasteiger partial charge in [-0.15, -0.1) is 0 Å². The minimum absolute atomic E-state index is 0.00818. The van der Waals surface area contributed by atoms with E-state index in [0.717, 1.165) is 0 Å². The van der Waals surface area contributed by atoms with E-state index < -0.39 is 12.6 Å². The average Bonchev–Trinajstić information content (AvgIpc) is 3.09. The summed E-state index contributed by atoms with van der Waals surface area (Å²) in [5, 5.41) is 0. The molecule has 0 amide bonds. The van der Waals surface area contributed by atoms with E-state index in [1.165, 1.54) is 22.0 Å². The Morgan fingerprint density at radius 1 is 1.28 bits per heavy atom. The molecule has 1 aliphatic rings. The summed E-state index contributed by atoms with van der Waals surface area (Å²) in [4.78, 5) is 0. The Bertz CT molecular complexity index is 413. The van der Waals surface area contributed by atoms with Crippen LogP contribution >= 0.6 is 22.6 Å². The molecule has 0 aromatic heterocycles. The van der Waals surface area contributed by atoms with E-state index in [4.69, 9.17) is 4.74 Å². The molecule has 0 spiro atoms. The van der Waals surface area contributed by atoms with Crippen molar-refractivity contribution in [3.63, 3.8) is 0 Å². The van der Waals surface area contributed by atoms with E-state index in [2.05, 4.69) is 22.6 Å². The van der Waals surface area contributed by atoms with Crippen LogP contribution in [0.25, 0.3) is 0 Å². The van der Waals surface area contributed by atoms with Crippen LogP contribution in [0.5, 0.6) is 5.75 Å². The first-order chi connectivity index (χ1) is 8.46. The third-order valence-electron chi connectivity index (χ3n) is 2.86. The smallest absolute Gasteiger partial charge is 0.389 e. The van der Waals surface area contributed by atoms with Crippen molar-refractivity contribution in [3.05, 3.63) is 27.3 Å². The molecular weight excluding hydrogens is 356 g/mol. The number of ether oxygens (including phenoxy) is 1. The fourth-order valence-corrected chi connectivity index (χ4v) is 2.56. The van der Waals surface area contributed by atoms with E-state index >= 15 is 0 Å². The van der Waals surface area contributed by atoms with Crippen LogP contribution in [0.15, 0.2) is 18.2 Å². The number of hydrogen-bond donors (Lipinski definition) is 0. The minimum atomic E-state index is -4.09. The maximum absolute atomic E-state index is 12.0. The molecule has 0 unspecified atom stereocenters. The second kappa shape index (κ2) is 5.67. The Labute approximate surface area is 118 Å². The third-order valence-corrected chi connectivity index (χ3v) is 3.84. The monoisotopic (exact) mass is 370 g/mol. The maximum atomic E-state index is 12.0. The van der Waals surface area contributed by atoms with Gasteiger partial charge in [0.1, 0.15) is 5.75 Å². The summed E-state index contributed by atoms with van der Waals surface area (Å²) in [5.41, 5.74) is 1.27. The number of benzene rings is 1. The molecule has 18 heavy (non-hydrogen) atoms. The molecule has 1 aromatic rings. The van der Waals surface area contributed by atoms with E-state index in [1.807, 2.05) is 18.2 Å². The highest BCUT2D eigenvalue weighted by atomic mass is 127. The second-order valence-corrected chi connectivity index (χ2v) is 5.69. The van der Waals surface area contributed by atoms with Crippen LogP contribution in [-0.2, 0) is 0 Å². The van der Waals surface area contributed by atoms with Crippen LogP contribution in [0.3, 0.4) is 0 Å². The zero-order valence-corrected chi connectivity index (χ0v) is 11.9. The first-order valence-electron chi connectivity index (χ1n) is 5.95. The first-order valence-corrected chi connectivity index (χ1v) is 7.02. The van der Waals surface area contributed by atoms with Gasteiger partial charge in [-0.1, -0.05) is 0 Å². The molecule has 0 N–H and O–H groups in total. The predicted octanol–water partition coefficient (Wildman–Crippen LogP) is 4.89. The Morgan fingerprint density at radius 3 is 2.61 bits per heavy atom. The summed E-state index contributed by atoms with van der Waals surface area (Å²) in [7, 11) is 0. The number of rotatable bonds is 5. The van der Waals surface area contributed by atoms with Crippen molar-refractivity contribution in [2.24, 2.45) is 0 Å². The summed E-state index contributed by atoms with van der Waals surface area (Å²) in [5.74, 6) is 1.30. The van der Waals surface area contributed by atoms with Crippen molar-refractivity contribution in [1.29, 1.82) is 0 Å². The first kappa shape index (κ1) is 14.0. The fraction of sp³-hybridized carbons (Fsp3) is 0.538. The lowest BCUT2D eigenvalue weighted by Gasteiger charge is -2.10. The quantitative estimate of drug-likeness (QED) is 0.530. The summed E-state index contributed by atoms with van der Waals surface area (Å²) >= 11 is 2.28. The lowest BCUT2D eigenvalue weighted by atomic mass is 10.1. The highest BCUT2D eigenvalue weighted by molar-refractivity contribution is 14.1. The molecule has 1 fully saturated rings. The maximum Gasteiger partial charge on any atom is 0.389 e. The molecule has 5 heteroatoms. The van der Waals surface area contributed by atoms with Crippen molar-refractivity contribution in [1.82, 2.24) is 0 Å². The van der Waals surface area contributed by atoms with Crippen LogP contribution in [-0.4, -0.2) is 12.8 Å². The normalized spacial score (nSPS) is 15.8. The molecule has 1 aliphatic carbocycles. The van der Waals surface area contributed by atoms with Gasteiger partial charge in [0, 0.05) is 9.99 Å².